The topological polar surface area (TPSA) is 17.8 Å². The molecule has 1 heterocycles. The third-order valence-electron chi connectivity index (χ3n) is 1.86. The molecule has 0 atom stereocenters. The van der Waals surface area contributed by atoms with Gasteiger partial charge in [0.1, 0.15) is 13.7 Å². The molecule has 1 aromatic heterocycles. The molecule has 2 aromatic rings. The highest BCUT2D eigenvalue weighted by atomic mass is 19.1. The second kappa shape index (κ2) is 2.34. The molecule has 12 heavy (non-hydrogen) atoms. The SMILES string of the molecule is [B]c1cc2cnn(C)c2cc1F. The van der Waals surface area contributed by atoms with Gasteiger partial charge in [0.25, 0.3) is 0 Å². The summed E-state index contributed by atoms with van der Waals surface area (Å²) < 4.78 is 14.5. The zero-order valence-electron chi connectivity index (χ0n) is 6.58. The quantitative estimate of drug-likeness (QED) is 0.513. The molecule has 58 valence electrons. The summed E-state index contributed by atoms with van der Waals surface area (Å²) in [6.07, 6.45) is 1.66. The van der Waals surface area contributed by atoms with E-state index in [0.29, 0.717) is 0 Å². The smallest absolute Gasteiger partial charge is 0.118 e. The maximum atomic E-state index is 12.9. The molecule has 2 radical (unpaired) electrons. The van der Waals surface area contributed by atoms with Gasteiger partial charge in [0.2, 0.25) is 0 Å². The average Bonchev–Trinajstić information content (AvgIpc) is 2.35. The van der Waals surface area contributed by atoms with Crippen molar-refractivity contribution >= 4 is 24.2 Å². The molecule has 0 spiro atoms. The lowest BCUT2D eigenvalue weighted by atomic mass is 9.94. The molecule has 4 heteroatoms. The molecule has 0 aliphatic carbocycles. The van der Waals surface area contributed by atoms with E-state index in [1.807, 2.05) is 0 Å². The van der Waals surface area contributed by atoms with Gasteiger partial charge in [-0.1, -0.05) is 11.5 Å². The number of halogens is 1. The maximum absolute atomic E-state index is 12.9. The van der Waals surface area contributed by atoms with E-state index in [2.05, 4.69) is 5.10 Å². The van der Waals surface area contributed by atoms with Crippen molar-refractivity contribution in [1.29, 1.82) is 0 Å². The van der Waals surface area contributed by atoms with E-state index in [1.165, 1.54) is 6.07 Å². The first kappa shape index (κ1) is 7.34. The third kappa shape index (κ3) is 0.914. The molecular weight excluding hydrogens is 154 g/mol. The minimum atomic E-state index is -0.397. The number of benzene rings is 1. The molecule has 0 saturated carbocycles. The Morgan fingerprint density at radius 3 is 3.00 bits per heavy atom. The first-order chi connectivity index (χ1) is 5.68. The van der Waals surface area contributed by atoms with E-state index in [0.717, 1.165) is 10.9 Å². The Morgan fingerprint density at radius 2 is 2.25 bits per heavy atom. The normalized spacial score (nSPS) is 10.8. The minimum absolute atomic E-state index is 0.163. The van der Waals surface area contributed by atoms with Gasteiger partial charge in [0, 0.05) is 12.4 Å². The van der Waals surface area contributed by atoms with Crippen LogP contribution < -0.4 is 5.46 Å². The number of hydrogen-bond donors (Lipinski definition) is 0. The number of aromatic nitrogens is 2. The highest BCUT2D eigenvalue weighted by molar-refractivity contribution is 6.33. The Balaban J connectivity index is 2.87. The Hall–Kier alpha value is -1.32. The first-order valence-corrected chi connectivity index (χ1v) is 3.55. The molecule has 2 rings (SSSR count). The summed E-state index contributed by atoms with van der Waals surface area (Å²) in [5, 5.41) is 4.83. The van der Waals surface area contributed by atoms with Crippen molar-refractivity contribution in [2.45, 2.75) is 0 Å². The highest BCUT2D eigenvalue weighted by Gasteiger charge is 2.02. The molecule has 0 aliphatic rings. The van der Waals surface area contributed by atoms with Crippen molar-refractivity contribution in [2.75, 3.05) is 0 Å². The van der Waals surface area contributed by atoms with Crippen LogP contribution >= 0.6 is 0 Å². The van der Waals surface area contributed by atoms with Crippen LogP contribution in [0.4, 0.5) is 4.39 Å². The van der Waals surface area contributed by atoms with Gasteiger partial charge in [-0.2, -0.15) is 5.10 Å². The van der Waals surface area contributed by atoms with Gasteiger partial charge in [0.15, 0.2) is 0 Å². The van der Waals surface area contributed by atoms with Gasteiger partial charge >= 0.3 is 0 Å². The van der Waals surface area contributed by atoms with Crippen LogP contribution in [0.25, 0.3) is 10.9 Å². The minimum Gasteiger partial charge on any atom is -0.268 e. The van der Waals surface area contributed by atoms with E-state index < -0.39 is 5.82 Å². The number of hydrogen-bond acceptors (Lipinski definition) is 1. The number of fused-ring (bicyclic) bond motifs is 1. The zero-order chi connectivity index (χ0) is 8.72. The van der Waals surface area contributed by atoms with Gasteiger partial charge in [0.05, 0.1) is 11.7 Å². The number of rotatable bonds is 0. The largest absolute Gasteiger partial charge is 0.268 e. The van der Waals surface area contributed by atoms with Crippen molar-refractivity contribution in [3.05, 3.63) is 24.1 Å². The molecule has 0 fully saturated rings. The van der Waals surface area contributed by atoms with Crippen LogP contribution in [0.1, 0.15) is 0 Å². The van der Waals surface area contributed by atoms with E-state index in [4.69, 9.17) is 7.85 Å². The highest BCUT2D eigenvalue weighted by Crippen LogP contribution is 2.11. The fourth-order valence-electron chi connectivity index (χ4n) is 1.19. The molecule has 0 amide bonds. The fraction of sp³-hybridized carbons (Fsp3) is 0.125. The lowest BCUT2D eigenvalue weighted by molar-refractivity contribution is 0.636. The van der Waals surface area contributed by atoms with Crippen LogP contribution in [0.2, 0.25) is 0 Å². The van der Waals surface area contributed by atoms with Gasteiger partial charge in [-0.15, -0.1) is 0 Å². The molecule has 2 nitrogen and oxygen atoms in total. The van der Waals surface area contributed by atoms with Gasteiger partial charge < -0.3 is 0 Å². The van der Waals surface area contributed by atoms with E-state index >= 15 is 0 Å². The third-order valence-corrected chi connectivity index (χ3v) is 1.86. The summed E-state index contributed by atoms with van der Waals surface area (Å²) in [6.45, 7) is 0. The van der Waals surface area contributed by atoms with E-state index in [9.17, 15) is 4.39 Å². The molecule has 0 aliphatic heterocycles. The lowest BCUT2D eigenvalue weighted by Crippen LogP contribution is -2.07. The van der Waals surface area contributed by atoms with Crippen LogP contribution in [0.5, 0.6) is 0 Å². The Morgan fingerprint density at radius 1 is 1.50 bits per heavy atom. The fourth-order valence-corrected chi connectivity index (χ4v) is 1.19. The second-order valence-corrected chi connectivity index (χ2v) is 2.70. The summed E-state index contributed by atoms with van der Waals surface area (Å²) in [5.41, 5.74) is 0.914. The second-order valence-electron chi connectivity index (χ2n) is 2.70. The Kier molecular flexibility index (Phi) is 1.43. The standard InChI is InChI=1S/C8H6BFN2/c1-12-8-3-7(10)6(9)2-5(8)4-11-12/h2-4H,1H3. The summed E-state index contributed by atoms with van der Waals surface area (Å²) >= 11 is 0. The summed E-state index contributed by atoms with van der Waals surface area (Å²) in [6, 6.07) is 2.97. The van der Waals surface area contributed by atoms with Gasteiger partial charge in [-0.05, 0) is 6.07 Å². The molecule has 0 saturated heterocycles. The van der Waals surface area contributed by atoms with Crippen LogP contribution in [0.3, 0.4) is 0 Å². The van der Waals surface area contributed by atoms with Crippen molar-refractivity contribution in [1.82, 2.24) is 9.78 Å². The van der Waals surface area contributed by atoms with E-state index in [1.54, 1.807) is 24.0 Å². The summed E-state index contributed by atoms with van der Waals surface area (Å²) in [5.74, 6) is -0.397. The average molecular weight is 160 g/mol. The molecule has 0 bridgehead atoms. The van der Waals surface area contributed by atoms with E-state index in [-0.39, 0.29) is 5.46 Å². The maximum Gasteiger partial charge on any atom is 0.118 e. The predicted octanol–water partition coefficient (Wildman–Crippen LogP) is 0.506. The van der Waals surface area contributed by atoms with Crippen molar-refractivity contribution in [3.63, 3.8) is 0 Å². The van der Waals surface area contributed by atoms with Crippen LogP contribution in [0, 0.1) is 5.82 Å². The Bertz CT molecular complexity index is 436. The molecule has 0 N–H and O–H groups in total. The number of aryl methyl sites for hydroxylation is 1. The van der Waals surface area contributed by atoms with Crippen molar-refractivity contribution < 1.29 is 4.39 Å². The number of nitrogens with zero attached hydrogens (tertiary/aromatic N) is 2. The van der Waals surface area contributed by atoms with Crippen LogP contribution in [0.15, 0.2) is 18.3 Å². The van der Waals surface area contributed by atoms with Crippen LogP contribution in [-0.2, 0) is 7.05 Å². The zero-order valence-corrected chi connectivity index (χ0v) is 6.58. The van der Waals surface area contributed by atoms with Crippen LogP contribution in [-0.4, -0.2) is 17.6 Å². The Labute approximate surface area is 70.4 Å². The summed E-state index contributed by atoms with van der Waals surface area (Å²) in [7, 11) is 7.14. The monoisotopic (exact) mass is 160 g/mol. The predicted molar refractivity (Wildman–Crippen MR) is 46.1 cm³/mol. The van der Waals surface area contributed by atoms with Gasteiger partial charge in [-0.3, -0.25) is 4.68 Å². The molecule has 0 unspecified atom stereocenters. The molecule has 1 aromatic carbocycles. The lowest BCUT2D eigenvalue weighted by Gasteiger charge is -1.97. The first-order valence-electron chi connectivity index (χ1n) is 3.55. The van der Waals surface area contributed by atoms with Gasteiger partial charge in [-0.25, -0.2) is 4.39 Å². The van der Waals surface area contributed by atoms with Crippen molar-refractivity contribution in [2.24, 2.45) is 7.05 Å². The van der Waals surface area contributed by atoms with Crippen molar-refractivity contribution in [3.8, 4) is 0 Å². The molecular formula is C8H6BFN2. The summed E-state index contributed by atoms with van der Waals surface area (Å²) in [4.78, 5) is 0.